The van der Waals surface area contributed by atoms with Crippen molar-refractivity contribution in [2.24, 2.45) is 0 Å². The number of pyridine rings is 1. The van der Waals surface area contributed by atoms with Crippen molar-refractivity contribution in [3.63, 3.8) is 0 Å². The number of halogens is 1. The highest BCUT2D eigenvalue weighted by Gasteiger charge is 2.31. The zero-order chi connectivity index (χ0) is 24.0. The van der Waals surface area contributed by atoms with Crippen LogP contribution in [0.15, 0.2) is 41.1 Å². The third-order valence-corrected chi connectivity index (χ3v) is 7.70. The molecule has 0 spiro atoms. The van der Waals surface area contributed by atoms with Crippen molar-refractivity contribution in [3.05, 3.63) is 52.4 Å². The Labute approximate surface area is 206 Å². The maximum atomic E-state index is 11.7. The number of likely N-dealkylation sites (tertiary alicyclic amines) is 1. The second-order valence-corrected chi connectivity index (χ2v) is 10.2. The summed E-state index contributed by atoms with van der Waals surface area (Å²) in [6.07, 6.45) is 5.43. The van der Waals surface area contributed by atoms with Crippen molar-refractivity contribution >= 4 is 44.2 Å². The third-order valence-electron chi connectivity index (χ3n) is 6.83. The van der Waals surface area contributed by atoms with Gasteiger partial charge in [-0.25, -0.2) is 4.98 Å². The number of nitrogens with one attached hydrogen (secondary N) is 1. The SMILES string of the molecule is CC(=O)N1CCC(C)(NCc2nc3c(-c4cnc5ccc(C)cc5c4)cnn3c(N)c2Br)CC1. The smallest absolute Gasteiger partial charge is 0.219 e. The minimum absolute atomic E-state index is 0.0723. The van der Waals surface area contributed by atoms with Crippen molar-refractivity contribution in [1.82, 2.24) is 29.8 Å². The molecule has 4 aromatic rings. The van der Waals surface area contributed by atoms with E-state index in [-0.39, 0.29) is 11.4 Å². The summed E-state index contributed by atoms with van der Waals surface area (Å²) in [5.41, 5.74) is 11.9. The molecule has 176 valence electrons. The molecule has 0 atom stereocenters. The fourth-order valence-electron chi connectivity index (χ4n) is 4.55. The second kappa shape index (κ2) is 8.63. The number of hydrogen-bond donors (Lipinski definition) is 2. The van der Waals surface area contributed by atoms with Crippen molar-refractivity contribution < 1.29 is 4.79 Å². The quantitative estimate of drug-likeness (QED) is 0.419. The van der Waals surface area contributed by atoms with Crippen molar-refractivity contribution in [2.45, 2.75) is 45.7 Å². The molecule has 3 N–H and O–H groups in total. The van der Waals surface area contributed by atoms with Crippen LogP contribution in [0.5, 0.6) is 0 Å². The molecule has 1 saturated heterocycles. The van der Waals surface area contributed by atoms with Gasteiger partial charge >= 0.3 is 0 Å². The van der Waals surface area contributed by atoms with Crippen LogP contribution in [0.2, 0.25) is 0 Å². The number of amides is 1. The lowest BCUT2D eigenvalue weighted by Gasteiger charge is -2.40. The zero-order valence-electron chi connectivity index (χ0n) is 19.6. The number of aryl methyl sites for hydroxylation is 1. The van der Waals surface area contributed by atoms with Crippen LogP contribution in [-0.2, 0) is 11.3 Å². The Morgan fingerprint density at radius 3 is 2.74 bits per heavy atom. The van der Waals surface area contributed by atoms with Gasteiger partial charge in [-0.1, -0.05) is 11.6 Å². The molecular formula is C25H28BrN7O. The van der Waals surface area contributed by atoms with E-state index in [0.29, 0.717) is 18.0 Å². The van der Waals surface area contributed by atoms with Gasteiger partial charge in [-0.15, -0.1) is 0 Å². The van der Waals surface area contributed by atoms with E-state index in [4.69, 9.17) is 10.7 Å². The van der Waals surface area contributed by atoms with E-state index in [1.165, 1.54) is 5.56 Å². The van der Waals surface area contributed by atoms with Crippen molar-refractivity contribution in [1.29, 1.82) is 0 Å². The number of carbonyl (C=O) groups is 1. The molecule has 9 heteroatoms. The van der Waals surface area contributed by atoms with Crippen LogP contribution in [0.25, 0.3) is 27.7 Å². The average Bonchev–Trinajstić information content (AvgIpc) is 3.24. The number of aromatic nitrogens is 4. The molecule has 1 aliphatic heterocycles. The number of piperidine rings is 1. The summed E-state index contributed by atoms with van der Waals surface area (Å²) in [4.78, 5) is 23.1. The average molecular weight is 522 g/mol. The molecule has 1 aromatic carbocycles. The summed E-state index contributed by atoms with van der Waals surface area (Å²) in [5.74, 6) is 0.644. The normalized spacial score (nSPS) is 15.8. The highest BCUT2D eigenvalue weighted by molar-refractivity contribution is 9.10. The standard InChI is InChI=1S/C25H28BrN7O/c1-15-4-5-20-17(10-15)11-18(12-28-20)19-13-30-33-23(27)22(26)21(31-24(19)33)14-29-25(3)6-8-32(9-7-25)16(2)34/h4-5,10-13,29H,6-9,14,27H2,1-3H3. The molecule has 0 radical (unpaired) electrons. The fraction of sp³-hybridized carbons (Fsp3) is 0.360. The van der Waals surface area contributed by atoms with Gasteiger partial charge in [0.15, 0.2) is 5.65 Å². The lowest BCUT2D eigenvalue weighted by Crippen LogP contribution is -2.52. The summed E-state index contributed by atoms with van der Waals surface area (Å²) in [5, 5.41) is 9.23. The first-order valence-electron chi connectivity index (χ1n) is 11.4. The first kappa shape index (κ1) is 22.7. The Hall–Kier alpha value is -3.04. The predicted molar refractivity (Wildman–Crippen MR) is 137 cm³/mol. The Morgan fingerprint density at radius 1 is 1.24 bits per heavy atom. The topological polar surface area (TPSA) is 101 Å². The van der Waals surface area contributed by atoms with Crippen LogP contribution in [-0.4, -0.2) is 49.0 Å². The number of hydrogen-bond acceptors (Lipinski definition) is 6. The number of benzene rings is 1. The Bertz CT molecular complexity index is 1410. The molecule has 1 aliphatic rings. The molecule has 5 rings (SSSR count). The highest BCUT2D eigenvalue weighted by atomic mass is 79.9. The first-order valence-corrected chi connectivity index (χ1v) is 12.2. The van der Waals surface area contributed by atoms with Gasteiger partial charge in [-0.2, -0.15) is 9.61 Å². The lowest BCUT2D eigenvalue weighted by molar-refractivity contribution is -0.130. The van der Waals surface area contributed by atoms with Crippen LogP contribution >= 0.6 is 15.9 Å². The van der Waals surface area contributed by atoms with E-state index in [9.17, 15) is 4.79 Å². The van der Waals surface area contributed by atoms with E-state index < -0.39 is 0 Å². The zero-order valence-corrected chi connectivity index (χ0v) is 21.2. The monoisotopic (exact) mass is 521 g/mol. The van der Waals surface area contributed by atoms with Gasteiger partial charge in [0.2, 0.25) is 5.91 Å². The van der Waals surface area contributed by atoms with Crippen molar-refractivity contribution in [2.75, 3.05) is 18.8 Å². The molecule has 4 heterocycles. The van der Waals surface area contributed by atoms with E-state index in [1.807, 2.05) is 17.2 Å². The van der Waals surface area contributed by atoms with Gasteiger partial charge < -0.3 is 16.0 Å². The minimum atomic E-state index is -0.0723. The van der Waals surface area contributed by atoms with E-state index in [2.05, 4.69) is 63.4 Å². The fourth-order valence-corrected chi connectivity index (χ4v) is 4.95. The Morgan fingerprint density at radius 2 is 2.00 bits per heavy atom. The van der Waals surface area contributed by atoms with Gasteiger partial charge in [-0.05, 0) is 60.8 Å². The van der Waals surface area contributed by atoms with E-state index >= 15 is 0 Å². The highest BCUT2D eigenvalue weighted by Crippen LogP contribution is 2.31. The number of nitrogen functional groups attached to an aromatic ring is 1. The lowest BCUT2D eigenvalue weighted by atomic mass is 9.89. The van der Waals surface area contributed by atoms with Crippen LogP contribution in [0, 0.1) is 6.92 Å². The van der Waals surface area contributed by atoms with E-state index in [1.54, 1.807) is 17.6 Å². The van der Waals surface area contributed by atoms with Crippen LogP contribution in [0.1, 0.15) is 37.9 Å². The summed E-state index contributed by atoms with van der Waals surface area (Å²) in [6.45, 7) is 7.98. The maximum Gasteiger partial charge on any atom is 0.219 e. The van der Waals surface area contributed by atoms with Gasteiger partial charge in [-0.3, -0.25) is 9.78 Å². The first-order chi connectivity index (χ1) is 16.2. The number of nitrogens with zero attached hydrogens (tertiary/aromatic N) is 5. The number of rotatable bonds is 4. The summed E-state index contributed by atoms with van der Waals surface area (Å²) >= 11 is 3.63. The molecule has 8 nitrogen and oxygen atoms in total. The van der Waals surface area contributed by atoms with Crippen LogP contribution in [0.3, 0.4) is 0 Å². The van der Waals surface area contributed by atoms with Crippen LogP contribution in [0.4, 0.5) is 5.82 Å². The third kappa shape index (κ3) is 4.14. The molecule has 34 heavy (non-hydrogen) atoms. The summed E-state index contributed by atoms with van der Waals surface area (Å²) < 4.78 is 2.40. The minimum Gasteiger partial charge on any atom is -0.383 e. The second-order valence-electron chi connectivity index (χ2n) is 9.39. The summed E-state index contributed by atoms with van der Waals surface area (Å²) in [6, 6.07) is 8.34. The largest absolute Gasteiger partial charge is 0.383 e. The molecule has 0 unspecified atom stereocenters. The molecule has 0 bridgehead atoms. The van der Waals surface area contributed by atoms with Crippen molar-refractivity contribution in [3.8, 4) is 11.1 Å². The molecular weight excluding hydrogens is 494 g/mol. The maximum absolute atomic E-state index is 11.7. The number of nitrogens with two attached hydrogens (primary N) is 1. The van der Waals surface area contributed by atoms with Crippen LogP contribution < -0.4 is 11.1 Å². The molecule has 0 saturated carbocycles. The van der Waals surface area contributed by atoms with Gasteiger partial charge in [0.1, 0.15) is 5.82 Å². The van der Waals surface area contributed by atoms with E-state index in [0.717, 1.165) is 58.1 Å². The summed E-state index contributed by atoms with van der Waals surface area (Å²) in [7, 11) is 0. The molecule has 0 aliphatic carbocycles. The van der Waals surface area contributed by atoms with Gasteiger partial charge in [0, 0.05) is 54.8 Å². The van der Waals surface area contributed by atoms with Gasteiger partial charge in [0.05, 0.1) is 21.9 Å². The Kier molecular flexibility index (Phi) is 5.77. The number of carbonyl (C=O) groups excluding carboxylic acids is 1. The number of fused-ring (bicyclic) bond motifs is 2. The Balaban J connectivity index is 1.46. The van der Waals surface area contributed by atoms with Gasteiger partial charge in [0.25, 0.3) is 0 Å². The number of anilines is 1. The molecule has 1 fully saturated rings. The molecule has 3 aromatic heterocycles. The predicted octanol–water partition coefficient (Wildman–Crippen LogP) is 4.09. The molecule has 1 amide bonds.